The molecule has 3 aromatic rings. The third kappa shape index (κ3) is 3.96. The summed E-state index contributed by atoms with van der Waals surface area (Å²) in [6.07, 6.45) is 4.85. The molecule has 1 aliphatic carbocycles. The van der Waals surface area contributed by atoms with Crippen molar-refractivity contribution in [2.75, 3.05) is 13.1 Å². The smallest absolute Gasteiger partial charge is 0.262 e. The van der Waals surface area contributed by atoms with Crippen LogP contribution >= 0.6 is 11.6 Å². The molecule has 2 aliphatic rings. The lowest BCUT2D eigenvalue weighted by atomic mass is 9.93. The largest absolute Gasteiger partial charge is 0.339 e. The summed E-state index contributed by atoms with van der Waals surface area (Å²) in [6, 6.07) is 12.3. The molecule has 0 saturated carbocycles. The van der Waals surface area contributed by atoms with E-state index in [0.717, 1.165) is 23.4 Å². The molecule has 2 heterocycles. The summed E-state index contributed by atoms with van der Waals surface area (Å²) in [5, 5.41) is 4.47. The lowest BCUT2D eigenvalue weighted by Crippen LogP contribution is -2.38. The van der Waals surface area contributed by atoms with Crippen LogP contribution in [0.25, 0.3) is 0 Å². The number of fused-ring (bicyclic) bond motifs is 1. The van der Waals surface area contributed by atoms with Gasteiger partial charge in [0.1, 0.15) is 5.82 Å². The highest BCUT2D eigenvalue weighted by Crippen LogP contribution is 2.37. The zero-order valence-electron chi connectivity index (χ0n) is 17.6. The molecule has 168 valence electrons. The first-order valence-electron chi connectivity index (χ1n) is 10.6. The van der Waals surface area contributed by atoms with E-state index in [-0.39, 0.29) is 28.8 Å². The minimum Gasteiger partial charge on any atom is -0.339 e. The number of rotatable bonds is 5. The molecule has 1 saturated heterocycles. The second kappa shape index (κ2) is 8.26. The number of halogens is 2. The van der Waals surface area contributed by atoms with E-state index in [9.17, 15) is 12.8 Å². The fourth-order valence-corrected chi connectivity index (χ4v) is 6.51. The van der Waals surface area contributed by atoms with Gasteiger partial charge >= 0.3 is 0 Å². The molecule has 3 atom stereocenters. The van der Waals surface area contributed by atoms with E-state index < -0.39 is 10.0 Å². The van der Waals surface area contributed by atoms with Gasteiger partial charge in [0.2, 0.25) is 0 Å². The Balaban J connectivity index is 1.45. The summed E-state index contributed by atoms with van der Waals surface area (Å²) in [5.41, 5.74) is 3.35. The van der Waals surface area contributed by atoms with Gasteiger partial charge in [-0.25, -0.2) is 17.8 Å². The third-order valence-electron chi connectivity index (χ3n) is 6.47. The van der Waals surface area contributed by atoms with Gasteiger partial charge in [0.05, 0.1) is 6.33 Å². The van der Waals surface area contributed by atoms with E-state index in [1.807, 2.05) is 18.2 Å². The molecule has 0 bridgehead atoms. The predicted octanol–water partition coefficient (Wildman–Crippen LogP) is 3.65. The summed E-state index contributed by atoms with van der Waals surface area (Å²) in [4.78, 5) is 4.06. The molecule has 1 unspecified atom stereocenters. The molecule has 1 aromatic heterocycles. The van der Waals surface area contributed by atoms with Crippen LogP contribution in [-0.4, -0.2) is 41.4 Å². The van der Waals surface area contributed by atoms with Crippen molar-refractivity contribution in [3.63, 3.8) is 0 Å². The normalized spacial score (nSPS) is 23.5. The predicted molar refractivity (Wildman–Crippen MR) is 121 cm³/mol. The quantitative estimate of drug-likeness (QED) is 0.613. The van der Waals surface area contributed by atoms with Gasteiger partial charge < -0.3 is 9.88 Å². The first kappa shape index (κ1) is 21.6. The molecule has 0 amide bonds. The van der Waals surface area contributed by atoms with Crippen LogP contribution in [0.3, 0.4) is 0 Å². The molecule has 5 rings (SSSR count). The molecule has 32 heavy (non-hydrogen) atoms. The fourth-order valence-electron chi connectivity index (χ4n) is 4.85. The molecular weight excluding hydrogens is 451 g/mol. The van der Waals surface area contributed by atoms with Crippen molar-refractivity contribution in [2.45, 2.75) is 35.9 Å². The Labute approximate surface area is 192 Å². The zero-order valence-corrected chi connectivity index (χ0v) is 19.2. The van der Waals surface area contributed by atoms with E-state index in [2.05, 4.69) is 10.3 Å². The Bertz CT molecular complexity index is 1250. The van der Waals surface area contributed by atoms with Crippen molar-refractivity contribution in [1.82, 2.24) is 19.2 Å². The molecule has 9 heteroatoms. The van der Waals surface area contributed by atoms with E-state index >= 15 is 0 Å². The van der Waals surface area contributed by atoms with Crippen molar-refractivity contribution in [3.05, 3.63) is 82.5 Å². The second-order valence-electron chi connectivity index (χ2n) is 8.56. The SMILES string of the molecule is Cn1cnc(S(=O)(=O)N2C[C@H](NC3CCc4cc(Cl)ccc43)[C@@H](c3ccc(F)cc3)C2)c1. The number of aryl methyl sites for hydroxylation is 2. The van der Waals surface area contributed by atoms with Crippen LogP contribution in [-0.2, 0) is 23.5 Å². The number of aromatic nitrogens is 2. The Morgan fingerprint density at radius 2 is 1.94 bits per heavy atom. The number of benzene rings is 2. The molecule has 1 N–H and O–H groups in total. The van der Waals surface area contributed by atoms with E-state index in [1.54, 1.807) is 23.7 Å². The highest BCUT2D eigenvalue weighted by Gasteiger charge is 2.42. The maximum atomic E-state index is 13.5. The van der Waals surface area contributed by atoms with Crippen molar-refractivity contribution >= 4 is 21.6 Å². The highest BCUT2D eigenvalue weighted by molar-refractivity contribution is 7.89. The topological polar surface area (TPSA) is 67.2 Å². The molecule has 2 aromatic carbocycles. The van der Waals surface area contributed by atoms with Crippen LogP contribution in [0.1, 0.15) is 35.1 Å². The maximum absolute atomic E-state index is 13.5. The zero-order chi connectivity index (χ0) is 22.5. The van der Waals surface area contributed by atoms with Crippen molar-refractivity contribution in [1.29, 1.82) is 0 Å². The number of sulfonamides is 1. The second-order valence-corrected chi connectivity index (χ2v) is 10.9. The van der Waals surface area contributed by atoms with E-state index in [0.29, 0.717) is 13.1 Å². The highest BCUT2D eigenvalue weighted by atomic mass is 35.5. The molecule has 1 aliphatic heterocycles. The molecular formula is C23H24ClFN4O2S. The van der Waals surface area contributed by atoms with Gasteiger partial charge in [-0.05, 0) is 53.8 Å². The average molecular weight is 475 g/mol. The van der Waals surface area contributed by atoms with Crippen LogP contribution in [0.2, 0.25) is 5.02 Å². The van der Waals surface area contributed by atoms with Gasteiger partial charge in [0.25, 0.3) is 10.0 Å². The van der Waals surface area contributed by atoms with Crippen LogP contribution in [0.5, 0.6) is 0 Å². The summed E-state index contributed by atoms with van der Waals surface area (Å²) < 4.78 is 43.1. The van der Waals surface area contributed by atoms with E-state index in [1.165, 1.54) is 40.1 Å². The Hall–Kier alpha value is -2.26. The number of hydrogen-bond donors (Lipinski definition) is 1. The van der Waals surface area contributed by atoms with Crippen LogP contribution in [0, 0.1) is 5.82 Å². The van der Waals surface area contributed by atoms with Crippen LogP contribution in [0.15, 0.2) is 60.0 Å². The first-order valence-corrected chi connectivity index (χ1v) is 12.4. The number of hydrogen-bond acceptors (Lipinski definition) is 4. The lowest BCUT2D eigenvalue weighted by Gasteiger charge is -2.25. The monoisotopic (exact) mass is 474 g/mol. The van der Waals surface area contributed by atoms with Gasteiger partial charge in [-0.1, -0.05) is 29.8 Å². The molecule has 0 spiro atoms. The minimum absolute atomic E-state index is 0.0411. The van der Waals surface area contributed by atoms with Crippen molar-refractivity contribution in [3.8, 4) is 0 Å². The average Bonchev–Trinajstić information content (AvgIpc) is 3.48. The molecule has 6 nitrogen and oxygen atoms in total. The van der Waals surface area contributed by atoms with Crippen molar-refractivity contribution < 1.29 is 12.8 Å². The van der Waals surface area contributed by atoms with Crippen LogP contribution in [0.4, 0.5) is 4.39 Å². The standard InChI is InChI=1S/C23H24ClFN4O2S/c1-28-13-23(26-14-28)32(30,31)29-11-20(15-2-6-18(25)7-3-15)22(12-29)27-21-9-4-16-10-17(24)5-8-19(16)21/h2-3,5-8,10,13-14,20-22,27H,4,9,11-12H2,1H3/t20-,21?,22+/m1/s1. The van der Waals surface area contributed by atoms with Crippen LogP contribution < -0.4 is 5.32 Å². The van der Waals surface area contributed by atoms with Gasteiger partial charge in [-0.3, -0.25) is 0 Å². The summed E-state index contributed by atoms with van der Waals surface area (Å²) in [5.74, 6) is -0.416. The Morgan fingerprint density at radius 3 is 2.66 bits per heavy atom. The third-order valence-corrected chi connectivity index (χ3v) is 8.42. The van der Waals surface area contributed by atoms with E-state index in [4.69, 9.17) is 11.6 Å². The maximum Gasteiger partial charge on any atom is 0.262 e. The molecule has 0 radical (unpaired) electrons. The van der Waals surface area contributed by atoms with Crippen molar-refractivity contribution in [2.24, 2.45) is 7.05 Å². The summed E-state index contributed by atoms with van der Waals surface area (Å²) in [7, 11) is -1.99. The summed E-state index contributed by atoms with van der Waals surface area (Å²) in [6.45, 7) is 0.628. The lowest BCUT2D eigenvalue weighted by molar-refractivity contribution is 0.412. The number of imidazole rings is 1. The Kier molecular flexibility index (Phi) is 5.57. The number of nitrogens with one attached hydrogen (secondary N) is 1. The van der Waals surface area contributed by atoms with Gasteiger partial charge in [-0.15, -0.1) is 0 Å². The Morgan fingerprint density at radius 1 is 1.16 bits per heavy atom. The molecule has 1 fully saturated rings. The summed E-state index contributed by atoms with van der Waals surface area (Å²) >= 11 is 6.15. The van der Waals surface area contributed by atoms with Gasteiger partial charge in [0.15, 0.2) is 5.03 Å². The first-order chi connectivity index (χ1) is 15.3. The fraction of sp³-hybridized carbons (Fsp3) is 0.348. The van der Waals surface area contributed by atoms with Gasteiger partial charge in [0, 0.05) is 49.4 Å². The number of nitrogens with zero attached hydrogens (tertiary/aromatic N) is 3. The van der Waals surface area contributed by atoms with Gasteiger partial charge in [-0.2, -0.15) is 4.31 Å². The minimum atomic E-state index is -3.73.